The van der Waals surface area contributed by atoms with E-state index in [1.54, 1.807) is 6.07 Å². The molecule has 19 heavy (non-hydrogen) atoms. The summed E-state index contributed by atoms with van der Waals surface area (Å²) in [6.07, 6.45) is 0. The number of nitrogen functional groups attached to an aromatic ring is 1. The molecule has 1 heterocycles. The lowest BCUT2D eigenvalue weighted by atomic mass is 10.2. The van der Waals surface area contributed by atoms with Crippen LogP contribution in [0.2, 0.25) is 0 Å². The summed E-state index contributed by atoms with van der Waals surface area (Å²) in [6.45, 7) is 4.86. The van der Waals surface area contributed by atoms with Gasteiger partial charge in [0.05, 0.1) is 0 Å². The largest absolute Gasteiger partial charge is 0.439 e. The second-order valence-electron chi connectivity index (χ2n) is 4.10. The van der Waals surface area contributed by atoms with Gasteiger partial charge in [-0.1, -0.05) is 17.7 Å². The van der Waals surface area contributed by atoms with Crippen LogP contribution in [0.1, 0.15) is 18.3 Å². The van der Waals surface area contributed by atoms with Gasteiger partial charge in [0.25, 0.3) is 0 Å². The van der Waals surface area contributed by atoms with Crippen molar-refractivity contribution in [2.24, 2.45) is 0 Å². The van der Waals surface area contributed by atoms with E-state index in [9.17, 15) is 0 Å². The molecule has 1 aromatic heterocycles. The van der Waals surface area contributed by atoms with Crippen LogP contribution in [0.25, 0.3) is 0 Å². The molecule has 0 radical (unpaired) electrons. The number of anilines is 1. The molecule has 5 heteroatoms. The van der Waals surface area contributed by atoms with E-state index >= 15 is 0 Å². The third kappa shape index (κ3) is 3.93. The first kappa shape index (κ1) is 13.3. The zero-order valence-corrected chi connectivity index (χ0v) is 11.1. The van der Waals surface area contributed by atoms with Gasteiger partial charge in [-0.05, 0) is 26.0 Å². The van der Waals surface area contributed by atoms with Crippen molar-refractivity contribution in [3.05, 3.63) is 41.7 Å². The van der Waals surface area contributed by atoms with Crippen LogP contribution >= 0.6 is 0 Å². The zero-order valence-electron chi connectivity index (χ0n) is 11.1. The SMILES string of the molecule is CCOCc1nc(N)cc(Oc2ccc(C)cc2)n1. The predicted octanol–water partition coefficient (Wildman–Crippen LogP) is 2.70. The molecule has 2 aromatic rings. The molecule has 100 valence electrons. The molecule has 0 bridgehead atoms. The summed E-state index contributed by atoms with van der Waals surface area (Å²) in [5, 5.41) is 0. The van der Waals surface area contributed by atoms with Crippen molar-refractivity contribution in [3.63, 3.8) is 0 Å². The van der Waals surface area contributed by atoms with Gasteiger partial charge in [0.1, 0.15) is 18.2 Å². The molecule has 0 saturated carbocycles. The second kappa shape index (κ2) is 6.15. The normalized spacial score (nSPS) is 10.4. The Hall–Kier alpha value is -2.14. The number of nitrogens with two attached hydrogens (primary N) is 1. The van der Waals surface area contributed by atoms with Gasteiger partial charge in [0.15, 0.2) is 5.82 Å². The van der Waals surface area contributed by atoms with Crippen LogP contribution in [0, 0.1) is 6.92 Å². The van der Waals surface area contributed by atoms with Crippen molar-refractivity contribution in [1.82, 2.24) is 9.97 Å². The maximum Gasteiger partial charge on any atom is 0.224 e. The molecule has 0 aliphatic carbocycles. The third-order valence-corrected chi connectivity index (χ3v) is 2.45. The number of ether oxygens (including phenoxy) is 2. The minimum absolute atomic E-state index is 0.325. The van der Waals surface area contributed by atoms with Crippen molar-refractivity contribution in [2.75, 3.05) is 12.3 Å². The van der Waals surface area contributed by atoms with E-state index in [4.69, 9.17) is 15.2 Å². The third-order valence-electron chi connectivity index (χ3n) is 2.45. The van der Waals surface area contributed by atoms with Crippen molar-refractivity contribution in [1.29, 1.82) is 0 Å². The Morgan fingerprint density at radius 1 is 1.16 bits per heavy atom. The Morgan fingerprint density at radius 3 is 2.58 bits per heavy atom. The summed E-state index contributed by atoms with van der Waals surface area (Å²) in [7, 11) is 0. The van der Waals surface area contributed by atoms with Crippen LogP contribution in [0.3, 0.4) is 0 Å². The highest BCUT2D eigenvalue weighted by molar-refractivity contribution is 5.36. The topological polar surface area (TPSA) is 70.3 Å². The molecule has 0 unspecified atom stereocenters. The highest BCUT2D eigenvalue weighted by Gasteiger charge is 2.05. The molecular weight excluding hydrogens is 242 g/mol. The van der Waals surface area contributed by atoms with E-state index in [2.05, 4.69) is 9.97 Å². The molecule has 1 aromatic carbocycles. The summed E-state index contributed by atoms with van der Waals surface area (Å²) in [5.41, 5.74) is 6.90. The molecule has 0 spiro atoms. The van der Waals surface area contributed by atoms with Gasteiger partial charge in [-0.3, -0.25) is 0 Å². The summed E-state index contributed by atoms with van der Waals surface area (Å²) >= 11 is 0. The van der Waals surface area contributed by atoms with E-state index < -0.39 is 0 Å². The molecule has 0 aliphatic rings. The Labute approximate surface area is 112 Å². The van der Waals surface area contributed by atoms with Crippen LogP contribution in [-0.4, -0.2) is 16.6 Å². The highest BCUT2D eigenvalue weighted by Crippen LogP contribution is 2.21. The monoisotopic (exact) mass is 259 g/mol. The van der Waals surface area contributed by atoms with Crippen molar-refractivity contribution >= 4 is 5.82 Å². The first-order valence-corrected chi connectivity index (χ1v) is 6.13. The number of hydrogen-bond acceptors (Lipinski definition) is 5. The molecule has 0 aliphatic heterocycles. The van der Waals surface area contributed by atoms with Gasteiger partial charge in [-0.15, -0.1) is 0 Å². The van der Waals surface area contributed by atoms with Crippen LogP contribution in [-0.2, 0) is 11.3 Å². The number of nitrogens with zero attached hydrogens (tertiary/aromatic N) is 2. The Morgan fingerprint density at radius 2 is 1.89 bits per heavy atom. The quantitative estimate of drug-likeness (QED) is 0.894. The number of aromatic nitrogens is 2. The molecular formula is C14H17N3O2. The van der Waals surface area contributed by atoms with Crippen molar-refractivity contribution < 1.29 is 9.47 Å². The van der Waals surface area contributed by atoms with Crippen LogP contribution in [0.4, 0.5) is 5.82 Å². The van der Waals surface area contributed by atoms with Gasteiger partial charge in [-0.2, -0.15) is 4.98 Å². The zero-order chi connectivity index (χ0) is 13.7. The Kier molecular flexibility index (Phi) is 4.30. The van der Waals surface area contributed by atoms with Crippen molar-refractivity contribution in [3.8, 4) is 11.6 Å². The lowest BCUT2D eigenvalue weighted by Gasteiger charge is -2.07. The second-order valence-corrected chi connectivity index (χ2v) is 4.10. The fourth-order valence-corrected chi connectivity index (χ4v) is 1.53. The minimum Gasteiger partial charge on any atom is -0.439 e. The van der Waals surface area contributed by atoms with Crippen molar-refractivity contribution in [2.45, 2.75) is 20.5 Å². The number of hydrogen-bond donors (Lipinski definition) is 1. The van der Waals surface area contributed by atoms with E-state index in [1.807, 2.05) is 38.1 Å². The van der Waals surface area contributed by atoms with Crippen LogP contribution in [0.15, 0.2) is 30.3 Å². The average molecular weight is 259 g/mol. The summed E-state index contributed by atoms with van der Waals surface area (Å²) in [4.78, 5) is 8.34. The maximum atomic E-state index is 5.72. The van der Waals surface area contributed by atoms with Gasteiger partial charge in [0.2, 0.25) is 5.88 Å². The van der Waals surface area contributed by atoms with Crippen LogP contribution in [0.5, 0.6) is 11.6 Å². The number of rotatable bonds is 5. The van der Waals surface area contributed by atoms with Gasteiger partial charge in [0, 0.05) is 12.7 Å². The molecule has 0 fully saturated rings. The number of benzene rings is 1. The Balaban J connectivity index is 2.15. The molecule has 2 N–H and O–H groups in total. The first-order valence-electron chi connectivity index (χ1n) is 6.13. The van der Waals surface area contributed by atoms with E-state index in [0.717, 1.165) is 0 Å². The fraction of sp³-hybridized carbons (Fsp3) is 0.286. The summed E-state index contributed by atoms with van der Waals surface area (Å²) in [5.74, 6) is 2.02. The van der Waals surface area contributed by atoms with E-state index in [0.29, 0.717) is 36.5 Å². The molecule has 0 saturated heterocycles. The fourth-order valence-electron chi connectivity index (χ4n) is 1.53. The molecule has 2 rings (SSSR count). The molecule has 5 nitrogen and oxygen atoms in total. The molecule has 0 amide bonds. The average Bonchev–Trinajstić information content (AvgIpc) is 2.38. The smallest absolute Gasteiger partial charge is 0.224 e. The van der Waals surface area contributed by atoms with E-state index in [1.165, 1.54) is 5.56 Å². The minimum atomic E-state index is 0.325. The summed E-state index contributed by atoms with van der Waals surface area (Å²) < 4.78 is 10.9. The number of aryl methyl sites for hydroxylation is 1. The predicted molar refractivity (Wildman–Crippen MR) is 73.0 cm³/mol. The van der Waals surface area contributed by atoms with Crippen LogP contribution < -0.4 is 10.5 Å². The van der Waals surface area contributed by atoms with Gasteiger partial charge < -0.3 is 15.2 Å². The standard InChI is InChI=1S/C14H17N3O2/c1-3-18-9-13-16-12(15)8-14(17-13)19-11-6-4-10(2)5-7-11/h4-8H,3,9H2,1-2H3,(H2,15,16,17). The van der Waals surface area contributed by atoms with Gasteiger partial charge in [-0.25, -0.2) is 4.98 Å². The van der Waals surface area contributed by atoms with E-state index in [-0.39, 0.29) is 0 Å². The highest BCUT2D eigenvalue weighted by atomic mass is 16.5. The van der Waals surface area contributed by atoms with Gasteiger partial charge >= 0.3 is 0 Å². The Bertz CT molecular complexity index is 541. The first-order chi connectivity index (χ1) is 9.17. The molecule has 0 atom stereocenters. The lowest BCUT2D eigenvalue weighted by molar-refractivity contribution is 0.128. The maximum absolute atomic E-state index is 5.72. The lowest BCUT2D eigenvalue weighted by Crippen LogP contribution is -2.03. The summed E-state index contributed by atoms with van der Waals surface area (Å²) in [6, 6.07) is 9.31.